The van der Waals surface area contributed by atoms with Crippen molar-refractivity contribution in [1.29, 1.82) is 0 Å². The molecule has 1 N–H and O–H groups in total. The summed E-state index contributed by atoms with van der Waals surface area (Å²) in [5.41, 5.74) is 2.30. The van der Waals surface area contributed by atoms with Gasteiger partial charge in [-0.25, -0.2) is 4.39 Å². The first-order valence-electron chi connectivity index (χ1n) is 3.99. The van der Waals surface area contributed by atoms with E-state index in [2.05, 4.69) is 17.5 Å². The Morgan fingerprint density at radius 3 is 3.08 bits per heavy atom. The van der Waals surface area contributed by atoms with Gasteiger partial charge in [0.15, 0.2) is 0 Å². The predicted molar refractivity (Wildman–Crippen MR) is 49.6 cm³/mol. The van der Waals surface area contributed by atoms with Gasteiger partial charge in [-0.15, -0.1) is 0 Å². The highest BCUT2D eigenvalue weighted by molar-refractivity contribution is 7.78. The van der Waals surface area contributed by atoms with Gasteiger partial charge in [-0.05, 0) is 36.1 Å². The van der Waals surface area contributed by atoms with E-state index in [1.807, 2.05) is 6.07 Å². The van der Waals surface area contributed by atoms with E-state index in [9.17, 15) is 4.39 Å². The fourth-order valence-corrected chi connectivity index (χ4v) is 1.99. The second-order valence-corrected chi connectivity index (χ2v) is 3.32. The Balaban J connectivity index is 2.40. The lowest BCUT2D eigenvalue weighted by Crippen LogP contribution is -2.06. The second-order valence-electron chi connectivity index (χ2n) is 3.06. The van der Waals surface area contributed by atoms with Crippen LogP contribution in [-0.2, 0) is 6.42 Å². The minimum absolute atomic E-state index is 0.145. The van der Waals surface area contributed by atoms with Crippen molar-refractivity contribution >= 4 is 12.8 Å². The Morgan fingerprint density at radius 1 is 1.50 bits per heavy atom. The smallest absolute Gasteiger partial charge is 0.123 e. The van der Waals surface area contributed by atoms with E-state index in [1.165, 1.54) is 11.6 Å². The molecule has 1 atom stereocenters. The lowest BCUT2D eigenvalue weighted by atomic mass is 10.1. The molecule has 0 saturated carbocycles. The van der Waals surface area contributed by atoms with Crippen LogP contribution < -0.4 is 4.72 Å². The lowest BCUT2D eigenvalue weighted by molar-refractivity contribution is 0.625. The van der Waals surface area contributed by atoms with Crippen molar-refractivity contribution in [2.45, 2.75) is 18.9 Å². The number of fused-ring (bicyclic) bond motifs is 1. The maximum atomic E-state index is 12.8. The summed E-state index contributed by atoms with van der Waals surface area (Å²) in [4.78, 5) is 0. The van der Waals surface area contributed by atoms with Crippen molar-refractivity contribution in [2.24, 2.45) is 0 Å². The molecule has 0 heterocycles. The Kier molecular flexibility index (Phi) is 2.07. The fourth-order valence-electron chi connectivity index (χ4n) is 1.72. The zero-order valence-electron chi connectivity index (χ0n) is 6.55. The van der Waals surface area contributed by atoms with Gasteiger partial charge in [-0.2, -0.15) is 0 Å². The fraction of sp³-hybridized carbons (Fsp3) is 0.333. The molecule has 0 spiro atoms. The van der Waals surface area contributed by atoms with Crippen molar-refractivity contribution in [2.75, 3.05) is 0 Å². The summed E-state index contributed by atoms with van der Waals surface area (Å²) in [6.45, 7) is 0. The number of rotatable bonds is 1. The van der Waals surface area contributed by atoms with Crippen LogP contribution in [0.2, 0.25) is 0 Å². The van der Waals surface area contributed by atoms with Gasteiger partial charge in [0.2, 0.25) is 0 Å². The minimum atomic E-state index is -0.145. The monoisotopic (exact) mass is 183 g/mol. The van der Waals surface area contributed by atoms with Crippen LogP contribution in [0.4, 0.5) is 4.39 Å². The van der Waals surface area contributed by atoms with Gasteiger partial charge in [0.25, 0.3) is 0 Å². The number of nitrogens with one attached hydrogen (secondary N) is 1. The van der Waals surface area contributed by atoms with Crippen molar-refractivity contribution < 1.29 is 4.39 Å². The van der Waals surface area contributed by atoms with Crippen LogP contribution in [-0.4, -0.2) is 0 Å². The van der Waals surface area contributed by atoms with Crippen LogP contribution >= 0.6 is 12.8 Å². The Morgan fingerprint density at radius 2 is 2.33 bits per heavy atom. The maximum absolute atomic E-state index is 12.8. The van der Waals surface area contributed by atoms with Crippen LogP contribution in [0.25, 0.3) is 0 Å². The topological polar surface area (TPSA) is 12.0 Å². The molecule has 3 heteroatoms. The normalized spacial score (nSPS) is 21.0. The summed E-state index contributed by atoms with van der Waals surface area (Å²) < 4.78 is 15.7. The molecule has 0 saturated heterocycles. The molecule has 2 rings (SSSR count). The van der Waals surface area contributed by atoms with Gasteiger partial charge in [0, 0.05) is 6.04 Å². The van der Waals surface area contributed by atoms with Crippen LogP contribution in [0.5, 0.6) is 0 Å². The number of halogens is 1. The van der Waals surface area contributed by atoms with Gasteiger partial charge < -0.3 is 0 Å². The molecule has 0 radical (unpaired) electrons. The largest absolute Gasteiger partial charge is 0.259 e. The zero-order chi connectivity index (χ0) is 8.55. The molecular weight excluding hydrogens is 173 g/mol. The van der Waals surface area contributed by atoms with E-state index in [4.69, 9.17) is 0 Å². The quantitative estimate of drug-likeness (QED) is 0.636. The predicted octanol–water partition coefficient (Wildman–Crippen LogP) is 2.25. The molecule has 12 heavy (non-hydrogen) atoms. The third-order valence-corrected chi connectivity index (χ3v) is 2.65. The number of benzene rings is 1. The second kappa shape index (κ2) is 3.07. The Hall–Kier alpha value is -0.540. The lowest BCUT2D eigenvalue weighted by Gasteiger charge is -2.07. The number of hydrogen-bond donors (Lipinski definition) is 2. The van der Waals surface area contributed by atoms with E-state index in [1.54, 1.807) is 6.07 Å². The van der Waals surface area contributed by atoms with Crippen molar-refractivity contribution in [3.63, 3.8) is 0 Å². The molecule has 0 aromatic heterocycles. The van der Waals surface area contributed by atoms with Gasteiger partial charge in [0.05, 0.1) is 0 Å². The first-order valence-corrected chi connectivity index (χ1v) is 4.44. The molecule has 64 valence electrons. The maximum Gasteiger partial charge on any atom is 0.123 e. The van der Waals surface area contributed by atoms with Crippen molar-refractivity contribution in [3.8, 4) is 0 Å². The molecule has 0 fully saturated rings. The van der Waals surface area contributed by atoms with Gasteiger partial charge >= 0.3 is 0 Å². The van der Waals surface area contributed by atoms with E-state index in [0.717, 1.165) is 18.4 Å². The highest BCUT2D eigenvalue weighted by atomic mass is 32.1. The standard InChI is InChI=1S/C9H10FNS/c10-7-2-3-8-6(5-7)1-4-9(8)11-12/h2-3,5,9,11-12H,1,4H2. The molecule has 0 amide bonds. The molecular formula is C9H10FNS. The van der Waals surface area contributed by atoms with Crippen LogP contribution in [0.1, 0.15) is 23.6 Å². The van der Waals surface area contributed by atoms with Crippen LogP contribution in [0.3, 0.4) is 0 Å². The first kappa shape index (κ1) is 8.08. The average Bonchev–Trinajstić information content (AvgIpc) is 2.46. The summed E-state index contributed by atoms with van der Waals surface area (Å²) in [6, 6.07) is 5.25. The summed E-state index contributed by atoms with van der Waals surface area (Å²) in [5, 5.41) is 0. The number of aryl methyl sites for hydroxylation is 1. The van der Waals surface area contributed by atoms with E-state index >= 15 is 0 Å². The summed E-state index contributed by atoms with van der Waals surface area (Å²) in [6.07, 6.45) is 1.97. The van der Waals surface area contributed by atoms with Gasteiger partial charge in [-0.3, -0.25) is 4.72 Å². The van der Waals surface area contributed by atoms with Gasteiger partial charge in [0.1, 0.15) is 5.82 Å². The SMILES string of the molecule is Fc1ccc2c(c1)CCC2NS. The van der Waals surface area contributed by atoms with E-state index in [0.29, 0.717) is 6.04 Å². The van der Waals surface area contributed by atoms with Gasteiger partial charge in [-0.1, -0.05) is 18.9 Å². The summed E-state index contributed by atoms with van der Waals surface area (Å²) in [5.74, 6) is -0.145. The molecule has 0 bridgehead atoms. The number of thiol groups is 1. The van der Waals surface area contributed by atoms with Crippen molar-refractivity contribution in [1.82, 2.24) is 4.72 Å². The molecule has 1 aromatic rings. The van der Waals surface area contributed by atoms with Crippen LogP contribution in [0.15, 0.2) is 18.2 Å². The molecule has 1 aliphatic rings. The molecule has 0 aliphatic heterocycles. The van der Waals surface area contributed by atoms with E-state index in [-0.39, 0.29) is 5.82 Å². The first-order chi connectivity index (χ1) is 5.81. The third-order valence-electron chi connectivity index (χ3n) is 2.34. The molecule has 1 nitrogen and oxygen atoms in total. The highest BCUT2D eigenvalue weighted by Gasteiger charge is 2.20. The summed E-state index contributed by atoms with van der Waals surface area (Å²) >= 11 is 4.02. The third kappa shape index (κ3) is 1.23. The van der Waals surface area contributed by atoms with E-state index < -0.39 is 0 Å². The molecule has 1 aromatic carbocycles. The minimum Gasteiger partial charge on any atom is -0.259 e. The summed E-state index contributed by atoms with van der Waals surface area (Å²) in [7, 11) is 0. The number of hydrogen-bond acceptors (Lipinski definition) is 2. The highest BCUT2D eigenvalue weighted by Crippen LogP contribution is 2.31. The Labute approximate surface area is 76.5 Å². The van der Waals surface area contributed by atoms with Crippen LogP contribution in [0, 0.1) is 5.82 Å². The Bertz CT molecular complexity index is 301. The molecule has 1 unspecified atom stereocenters. The molecule has 1 aliphatic carbocycles. The van der Waals surface area contributed by atoms with Crippen molar-refractivity contribution in [3.05, 3.63) is 35.1 Å². The average molecular weight is 183 g/mol. The zero-order valence-corrected chi connectivity index (χ0v) is 7.44.